The molecule has 20 heavy (non-hydrogen) atoms. The summed E-state index contributed by atoms with van der Waals surface area (Å²) >= 11 is 0. The fraction of sp³-hybridized carbons (Fsp3) is 0.200. The number of halogens is 1. The van der Waals surface area contributed by atoms with E-state index < -0.39 is 5.82 Å². The first-order valence-electron chi connectivity index (χ1n) is 6.03. The molecule has 0 amide bonds. The van der Waals surface area contributed by atoms with Crippen LogP contribution in [0, 0.1) is 17.1 Å². The second-order valence-electron chi connectivity index (χ2n) is 4.33. The van der Waals surface area contributed by atoms with Crippen molar-refractivity contribution in [3.05, 3.63) is 53.6 Å². The molecule has 2 aromatic rings. The van der Waals surface area contributed by atoms with Crippen molar-refractivity contribution in [1.29, 1.82) is 5.26 Å². The molecule has 0 aliphatic heterocycles. The Labute approximate surface area is 117 Å². The average molecular weight is 271 g/mol. The normalized spacial score (nSPS) is 9.90. The van der Waals surface area contributed by atoms with Gasteiger partial charge in [0.25, 0.3) is 0 Å². The highest BCUT2D eigenvalue weighted by Crippen LogP contribution is 2.22. The van der Waals surface area contributed by atoms with E-state index in [4.69, 9.17) is 10.00 Å². The molecule has 4 nitrogen and oxygen atoms in total. The van der Waals surface area contributed by atoms with Crippen LogP contribution in [-0.2, 0) is 6.54 Å². The van der Waals surface area contributed by atoms with Crippen molar-refractivity contribution in [2.75, 3.05) is 19.1 Å². The molecule has 102 valence electrons. The largest absolute Gasteiger partial charge is 0.494 e. The maximum absolute atomic E-state index is 13.6. The van der Waals surface area contributed by atoms with Gasteiger partial charge in [0, 0.05) is 19.8 Å². The van der Waals surface area contributed by atoms with Crippen LogP contribution in [0.2, 0.25) is 0 Å². The molecule has 0 aliphatic carbocycles. The Morgan fingerprint density at radius 1 is 1.40 bits per heavy atom. The number of nitriles is 1. The molecule has 0 N–H and O–H groups in total. The van der Waals surface area contributed by atoms with Crippen molar-refractivity contribution < 1.29 is 9.13 Å². The highest BCUT2D eigenvalue weighted by Gasteiger charge is 2.09. The number of ether oxygens (including phenoxy) is 1. The molecular formula is C15H14FN3O. The lowest BCUT2D eigenvalue weighted by Crippen LogP contribution is -2.17. The number of aromatic nitrogens is 1. The zero-order chi connectivity index (χ0) is 14.5. The van der Waals surface area contributed by atoms with E-state index in [0.717, 1.165) is 5.56 Å². The molecule has 0 spiro atoms. The number of pyridine rings is 1. The summed E-state index contributed by atoms with van der Waals surface area (Å²) in [6.07, 6.45) is 3.20. The first-order chi connectivity index (χ1) is 9.65. The summed E-state index contributed by atoms with van der Waals surface area (Å²) < 4.78 is 18.5. The van der Waals surface area contributed by atoms with Crippen LogP contribution in [0.4, 0.5) is 10.1 Å². The number of benzene rings is 1. The van der Waals surface area contributed by atoms with E-state index in [1.165, 1.54) is 13.2 Å². The van der Waals surface area contributed by atoms with Crippen molar-refractivity contribution in [1.82, 2.24) is 4.98 Å². The quantitative estimate of drug-likeness (QED) is 0.858. The molecule has 1 heterocycles. The molecule has 5 heteroatoms. The van der Waals surface area contributed by atoms with E-state index in [2.05, 4.69) is 11.1 Å². The van der Waals surface area contributed by atoms with E-state index >= 15 is 0 Å². The molecule has 2 rings (SSSR count). The summed E-state index contributed by atoms with van der Waals surface area (Å²) in [5.41, 5.74) is 2.04. The van der Waals surface area contributed by atoms with Crippen molar-refractivity contribution in [2.24, 2.45) is 0 Å². The van der Waals surface area contributed by atoms with Crippen LogP contribution in [0.3, 0.4) is 0 Å². The second-order valence-corrected chi connectivity index (χ2v) is 4.33. The Kier molecular flexibility index (Phi) is 4.16. The van der Waals surface area contributed by atoms with Gasteiger partial charge in [-0.2, -0.15) is 5.26 Å². The van der Waals surface area contributed by atoms with Gasteiger partial charge in [-0.05, 0) is 23.8 Å². The summed E-state index contributed by atoms with van der Waals surface area (Å²) in [6, 6.07) is 8.58. The standard InChI is InChI=1S/C15H14FN3O/c1-19(14-9-18-6-5-12(14)8-17)10-11-3-4-15(20-2)13(16)7-11/h3-7,9H,10H2,1-2H3. The number of anilines is 1. The Morgan fingerprint density at radius 3 is 2.85 bits per heavy atom. The maximum atomic E-state index is 13.6. The number of rotatable bonds is 4. The maximum Gasteiger partial charge on any atom is 0.165 e. The SMILES string of the molecule is COc1ccc(CN(C)c2cnccc2C#N)cc1F. The molecule has 0 atom stereocenters. The Bertz CT molecular complexity index is 652. The van der Waals surface area contributed by atoms with Crippen LogP contribution in [-0.4, -0.2) is 19.1 Å². The van der Waals surface area contributed by atoms with Gasteiger partial charge in [0.1, 0.15) is 6.07 Å². The number of hydrogen-bond acceptors (Lipinski definition) is 4. The van der Waals surface area contributed by atoms with E-state index in [9.17, 15) is 4.39 Å². The summed E-state index contributed by atoms with van der Waals surface area (Å²) in [5.74, 6) is -0.180. The number of methoxy groups -OCH3 is 1. The minimum Gasteiger partial charge on any atom is -0.494 e. The predicted octanol–water partition coefficient (Wildman–Crippen LogP) is 2.74. The third-order valence-corrected chi connectivity index (χ3v) is 2.97. The lowest BCUT2D eigenvalue weighted by atomic mass is 10.1. The van der Waals surface area contributed by atoms with Crippen LogP contribution < -0.4 is 9.64 Å². The molecule has 0 aliphatic rings. The van der Waals surface area contributed by atoms with Gasteiger partial charge in [-0.15, -0.1) is 0 Å². The molecule has 1 aromatic heterocycles. The molecule has 0 fully saturated rings. The molecular weight excluding hydrogens is 257 g/mol. The summed E-state index contributed by atoms with van der Waals surface area (Å²) in [4.78, 5) is 5.87. The molecule has 0 saturated carbocycles. The highest BCUT2D eigenvalue weighted by molar-refractivity contribution is 5.57. The van der Waals surface area contributed by atoms with Crippen LogP contribution >= 0.6 is 0 Å². The van der Waals surface area contributed by atoms with E-state index in [1.54, 1.807) is 30.6 Å². The molecule has 0 unspecified atom stereocenters. The third kappa shape index (κ3) is 2.86. The van der Waals surface area contributed by atoms with Gasteiger partial charge in [0.2, 0.25) is 0 Å². The lowest BCUT2D eigenvalue weighted by Gasteiger charge is -2.20. The first-order valence-corrected chi connectivity index (χ1v) is 6.03. The van der Waals surface area contributed by atoms with Crippen molar-refractivity contribution >= 4 is 5.69 Å². The average Bonchev–Trinajstić information content (AvgIpc) is 2.47. The topological polar surface area (TPSA) is 49.1 Å². The first kappa shape index (κ1) is 13.8. The predicted molar refractivity (Wildman–Crippen MR) is 74.0 cm³/mol. The van der Waals surface area contributed by atoms with Gasteiger partial charge in [0.05, 0.1) is 24.6 Å². The fourth-order valence-electron chi connectivity index (χ4n) is 1.95. The zero-order valence-corrected chi connectivity index (χ0v) is 11.3. The summed E-state index contributed by atoms with van der Waals surface area (Å²) in [5, 5.41) is 9.06. The second kappa shape index (κ2) is 6.02. The van der Waals surface area contributed by atoms with E-state index in [1.807, 2.05) is 11.9 Å². The van der Waals surface area contributed by atoms with Gasteiger partial charge in [-0.1, -0.05) is 6.07 Å². The van der Waals surface area contributed by atoms with Gasteiger partial charge in [-0.25, -0.2) is 4.39 Å². The number of hydrogen-bond donors (Lipinski definition) is 0. The van der Waals surface area contributed by atoms with Crippen LogP contribution in [0.5, 0.6) is 5.75 Å². The van der Waals surface area contributed by atoms with Crippen LogP contribution in [0.1, 0.15) is 11.1 Å². The Hall–Kier alpha value is -2.61. The van der Waals surface area contributed by atoms with Gasteiger partial charge in [0.15, 0.2) is 11.6 Å². The monoisotopic (exact) mass is 271 g/mol. The minimum atomic E-state index is -0.398. The van der Waals surface area contributed by atoms with Crippen molar-refractivity contribution in [2.45, 2.75) is 6.54 Å². The lowest BCUT2D eigenvalue weighted by molar-refractivity contribution is 0.386. The van der Waals surface area contributed by atoms with Gasteiger partial charge >= 0.3 is 0 Å². The molecule has 0 saturated heterocycles. The van der Waals surface area contributed by atoms with E-state index in [0.29, 0.717) is 17.8 Å². The molecule has 0 radical (unpaired) electrons. The summed E-state index contributed by atoms with van der Waals surface area (Å²) in [7, 11) is 3.26. The number of nitrogens with zero attached hydrogens (tertiary/aromatic N) is 3. The molecule has 0 bridgehead atoms. The van der Waals surface area contributed by atoms with Gasteiger partial charge in [-0.3, -0.25) is 4.98 Å². The minimum absolute atomic E-state index is 0.218. The Balaban J connectivity index is 2.21. The highest BCUT2D eigenvalue weighted by atomic mass is 19.1. The zero-order valence-electron chi connectivity index (χ0n) is 11.3. The molecule has 1 aromatic carbocycles. The third-order valence-electron chi connectivity index (χ3n) is 2.97. The fourth-order valence-corrected chi connectivity index (χ4v) is 1.95. The van der Waals surface area contributed by atoms with Crippen molar-refractivity contribution in [3.63, 3.8) is 0 Å². The van der Waals surface area contributed by atoms with Crippen LogP contribution in [0.15, 0.2) is 36.7 Å². The van der Waals surface area contributed by atoms with Gasteiger partial charge < -0.3 is 9.64 Å². The van der Waals surface area contributed by atoms with Crippen molar-refractivity contribution in [3.8, 4) is 11.8 Å². The van der Waals surface area contributed by atoms with Crippen LogP contribution in [0.25, 0.3) is 0 Å². The summed E-state index contributed by atoms with van der Waals surface area (Å²) in [6.45, 7) is 0.473. The van der Waals surface area contributed by atoms with E-state index in [-0.39, 0.29) is 5.75 Å². The smallest absolute Gasteiger partial charge is 0.165 e. The Morgan fingerprint density at radius 2 is 2.20 bits per heavy atom.